The third-order valence-electron chi connectivity index (χ3n) is 3.78. The van der Waals surface area contributed by atoms with Crippen molar-refractivity contribution in [2.45, 2.75) is 45.1 Å². The first kappa shape index (κ1) is 15.0. The van der Waals surface area contributed by atoms with Gasteiger partial charge in [0.2, 0.25) is 5.91 Å². The third-order valence-corrected chi connectivity index (χ3v) is 3.78. The predicted octanol–water partition coefficient (Wildman–Crippen LogP) is 1.77. The van der Waals surface area contributed by atoms with Crippen LogP contribution in [-0.2, 0) is 9.53 Å². The Bertz CT molecular complexity index is 434. The summed E-state index contributed by atoms with van der Waals surface area (Å²) >= 11 is 0. The van der Waals surface area contributed by atoms with Crippen LogP contribution in [0.25, 0.3) is 0 Å². The number of carbonyl (C=O) groups is 2. The van der Waals surface area contributed by atoms with E-state index in [0.29, 0.717) is 0 Å². The molecule has 20 heavy (non-hydrogen) atoms. The minimum absolute atomic E-state index is 0.0398. The number of ether oxygens (including phenoxy) is 1. The van der Waals surface area contributed by atoms with E-state index in [2.05, 4.69) is 5.32 Å². The summed E-state index contributed by atoms with van der Waals surface area (Å²) in [6.07, 6.45) is -1.12. The van der Waals surface area contributed by atoms with Gasteiger partial charge in [0.25, 0.3) is 5.92 Å². The molecule has 1 spiro atoms. The Morgan fingerprint density at radius 2 is 2.00 bits per heavy atom. The van der Waals surface area contributed by atoms with Crippen LogP contribution in [-0.4, -0.2) is 48.1 Å². The highest BCUT2D eigenvalue weighted by Crippen LogP contribution is 2.48. The monoisotopic (exact) mass is 290 g/mol. The van der Waals surface area contributed by atoms with Crippen molar-refractivity contribution in [3.63, 3.8) is 0 Å². The van der Waals surface area contributed by atoms with Crippen LogP contribution in [0.3, 0.4) is 0 Å². The maximum atomic E-state index is 14.2. The molecule has 1 atom stereocenters. The van der Waals surface area contributed by atoms with Gasteiger partial charge in [-0.2, -0.15) is 0 Å². The topological polar surface area (TPSA) is 58.6 Å². The number of hydrogen-bond acceptors (Lipinski definition) is 3. The quantitative estimate of drug-likeness (QED) is 0.739. The Morgan fingerprint density at radius 1 is 1.35 bits per heavy atom. The van der Waals surface area contributed by atoms with Gasteiger partial charge in [-0.3, -0.25) is 4.79 Å². The summed E-state index contributed by atoms with van der Waals surface area (Å²) < 4.78 is 33.5. The number of halogens is 2. The number of alkyl halides is 2. The molecule has 0 aromatic heterocycles. The van der Waals surface area contributed by atoms with Gasteiger partial charge in [-0.25, -0.2) is 13.6 Å². The molecule has 7 heteroatoms. The second-order valence-corrected chi connectivity index (χ2v) is 6.44. The summed E-state index contributed by atoms with van der Waals surface area (Å²) in [6.45, 7) is 4.96. The average molecular weight is 290 g/mol. The van der Waals surface area contributed by atoms with E-state index >= 15 is 0 Å². The van der Waals surface area contributed by atoms with Crippen molar-refractivity contribution in [2.24, 2.45) is 5.41 Å². The third kappa shape index (κ3) is 2.45. The average Bonchev–Trinajstić information content (AvgIpc) is 2.63. The lowest BCUT2D eigenvalue weighted by Crippen LogP contribution is -2.60. The SMILES string of the molecule is CC(C)(C)OC(=O)N1CCC(F)(F)[C@@]2(CCNC2=O)C1. The Labute approximate surface area is 116 Å². The molecule has 1 N–H and O–H groups in total. The number of piperidine rings is 1. The number of likely N-dealkylation sites (tertiary alicyclic amines) is 1. The molecule has 2 heterocycles. The van der Waals surface area contributed by atoms with Crippen molar-refractivity contribution < 1.29 is 23.1 Å². The van der Waals surface area contributed by atoms with E-state index in [0.717, 1.165) is 0 Å². The summed E-state index contributed by atoms with van der Waals surface area (Å²) in [5.74, 6) is -3.76. The van der Waals surface area contributed by atoms with Crippen LogP contribution in [0.15, 0.2) is 0 Å². The number of carbonyl (C=O) groups excluding carboxylic acids is 2. The molecule has 2 aliphatic rings. The molecule has 0 aliphatic carbocycles. The van der Waals surface area contributed by atoms with Crippen LogP contribution in [0, 0.1) is 5.41 Å². The van der Waals surface area contributed by atoms with E-state index in [1.54, 1.807) is 20.8 Å². The maximum absolute atomic E-state index is 14.2. The van der Waals surface area contributed by atoms with Gasteiger partial charge in [0.15, 0.2) is 0 Å². The van der Waals surface area contributed by atoms with Crippen molar-refractivity contribution in [1.82, 2.24) is 10.2 Å². The number of nitrogens with zero attached hydrogens (tertiary/aromatic N) is 1. The lowest BCUT2D eigenvalue weighted by atomic mass is 9.75. The summed E-state index contributed by atoms with van der Waals surface area (Å²) in [4.78, 5) is 25.1. The number of rotatable bonds is 0. The summed E-state index contributed by atoms with van der Waals surface area (Å²) in [5.41, 5.74) is -2.50. The van der Waals surface area contributed by atoms with Crippen LogP contribution in [0.5, 0.6) is 0 Å². The van der Waals surface area contributed by atoms with Crippen molar-refractivity contribution >= 4 is 12.0 Å². The number of amides is 2. The molecule has 0 bridgehead atoms. The van der Waals surface area contributed by atoms with E-state index in [1.165, 1.54) is 4.90 Å². The van der Waals surface area contributed by atoms with Gasteiger partial charge in [0.1, 0.15) is 11.0 Å². The highest BCUT2D eigenvalue weighted by Gasteiger charge is 2.63. The zero-order valence-electron chi connectivity index (χ0n) is 12.0. The van der Waals surface area contributed by atoms with Crippen LogP contribution < -0.4 is 5.32 Å². The molecule has 0 saturated carbocycles. The van der Waals surface area contributed by atoms with Crippen molar-refractivity contribution in [1.29, 1.82) is 0 Å². The molecular formula is C13H20F2N2O3. The smallest absolute Gasteiger partial charge is 0.410 e. The summed E-state index contributed by atoms with van der Waals surface area (Å²) in [7, 11) is 0. The Hall–Kier alpha value is -1.40. The Kier molecular flexibility index (Phi) is 3.42. The van der Waals surface area contributed by atoms with Gasteiger partial charge >= 0.3 is 6.09 Å². The largest absolute Gasteiger partial charge is 0.444 e. The first-order chi connectivity index (χ1) is 9.07. The highest BCUT2D eigenvalue weighted by atomic mass is 19.3. The van der Waals surface area contributed by atoms with Gasteiger partial charge < -0.3 is 15.0 Å². The Balaban J connectivity index is 2.17. The van der Waals surface area contributed by atoms with E-state index in [9.17, 15) is 18.4 Å². The van der Waals surface area contributed by atoms with E-state index < -0.39 is 35.4 Å². The zero-order valence-corrected chi connectivity index (χ0v) is 12.0. The Morgan fingerprint density at radius 3 is 2.50 bits per heavy atom. The van der Waals surface area contributed by atoms with Crippen molar-refractivity contribution in [3.8, 4) is 0 Å². The first-order valence-electron chi connectivity index (χ1n) is 6.71. The van der Waals surface area contributed by atoms with Crippen LogP contribution in [0.2, 0.25) is 0 Å². The minimum Gasteiger partial charge on any atom is -0.444 e. The lowest BCUT2D eigenvalue weighted by molar-refractivity contribution is -0.174. The standard InChI is InChI=1S/C13H20F2N2O3/c1-11(2,3)20-10(19)17-7-5-13(14,15)12(8-17)4-6-16-9(12)18/h4-8H2,1-3H3,(H,16,18)/t12-/m0/s1. The van der Waals surface area contributed by atoms with Crippen LogP contribution in [0.4, 0.5) is 13.6 Å². The molecule has 114 valence electrons. The first-order valence-corrected chi connectivity index (χ1v) is 6.71. The second-order valence-electron chi connectivity index (χ2n) is 6.44. The van der Waals surface area contributed by atoms with Gasteiger partial charge in [-0.15, -0.1) is 0 Å². The highest BCUT2D eigenvalue weighted by molar-refractivity contribution is 5.87. The molecule has 2 rings (SSSR count). The number of nitrogens with one attached hydrogen (secondary N) is 1. The molecule has 2 amide bonds. The van der Waals surface area contributed by atoms with Crippen LogP contribution in [0.1, 0.15) is 33.6 Å². The molecule has 0 radical (unpaired) electrons. The molecule has 2 fully saturated rings. The predicted molar refractivity (Wildman–Crippen MR) is 67.4 cm³/mol. The van der Waals surface area contributed by atoms with E-state index in [-0.39, 0.29) is 26.1 Å². The molecule has 0 aromatic rings. The minimum atomic E-state index is -3.09. The summed E-state index contributed by atoms with van der Waals surface area (Å²) in [6, 6.07) is 0. The molecule has 2 aliphatic heterocycles. The fourth-order valence-electron chi connectivity index (χ4n) is 2.69. The second kappa shape index (κ2) is 4.56. The van der Waals surface area contributed by atoms with Gasteiger partial charge in [-0.05, 0) is 27.2 Å². The van der Waals surface area contributed by atoms with Crippen molar-refractivity contribution in [2.75, 3.05) is 19.6 Å². The maximum Gasteiger partial charge on any atom is 0.410 e. The normalized spacial score (nSPS) is 29.4. The van der Waals surface area contributed by atoms with Gasteiger partial charge in [0.05, 0.1) is 0 Å². The lowest BCUT2D eigenvalue weighted by Gasteiger charge is -2.43. The fraction of sp³-hybridized carbons (Fsp3) is 0.846. The van der Waals surface area contributed by atoms with Gasteiger partial charge in [-0.1, -0.05) is 0 Å². The zero-order chi connectivity index (χ0) is 15.2. The summed E-state index contributed by atoms with van der Waals surface area (Å²) in [5, 5.41) is 2.45. The van der Waals surface area contributed by atoms with E-state index in [1.807, 2.05) is 0 Å². The van der Waals surface area contributed by atoms with Crippen LogP contribution >= 0.6 is 0 Å². The molecule has 5 nitrogen and oxygen atoms in total. The molecule has 0 aromatic carbocycles. The molecule has 0 unspecified atom stereocenters. The number of hydrogen-bond donors (Lipinski definition) is 1. The molecular weight excluding hydrogens is 270 g/mol. The van der Waals surface area contributed by atoms with E-state index in [4.69, 9.17) is 4.74 Å². The molecule has 2 saturated heterocycles. The fourth-order valence-corrected chi connectivity index (χ4v) is 2.69. The van der Waals surface area contributed by atoms with Gasteiger partial charge in [0, 0.05) is 26.1 Å². The van der Waals surface area contributed by atoms with Crippen molar-refractivity contribution in [3.05, 3.63) is 0 Å².